The van der Waals surface area contributed by atoms with Crippen LogP contribution in [0.3, 0.4) is 0 Å². The number of carbonyl (C=O) groups is 1. The minimum atomic E-state index is -0.487. The Balaban J connectivity index is 2.81. The Morgan fingerprint density at radius 2 is 1.91 bits per heavy atom. The van der Waals surface area contributed by atoms with Crippen LogP contribution in [0.4, 0.5) is 0 Å². The third-order valence-electron chi connectivity index (χ3n) is 4.59. The van der Waals surface area contributed by atoms with Crippen molar-refractivity contribution in [3.63, 3.8) is 0 Å². The quantitative estimate of drug-likeness (QED) is 0.689. The maximum Gasteiger partial charge on any atom is 0.237 e. The van der Waals surface area contributed by atoms with E-state index in [1.807, 2.05) is 58.0 Å². The topological polar surface area (TPSA) is 75.4 Å². The second-order valence-corrected chi connectivity index (χ2v) is 6.77. The van der Waals surface area contributed by atoms with Gasteiger partial charge in [0.25, 0.3) is 0 Å². The first-order valence-electron chi connectivity index (χ1n) is 8.02. The molecule has 3 atom stereocenters. The third kappa shape index (κ3) is 4.82. The van der Waals surface area contributed by atoms with Crippen LogP contribution in [0.2, 0.25) is 0 Å². The minimum absolute atomic E-state index is 0.0341. The van der Waals surface area contributed by atoms with E-state index >= 15 is 0 Å². The summed E-state index contributed by atoms with van der Waals surface area (Å²) >= 11 is 0. The Morgan fingerprint density at radius 3 is 2.41 bits per heavy atom. The number of hydrogen-bond donors (Lipinski definition) is 3. The number of aliphatic hydroxyl groups is 1. The van der Waals surface area contributed by atoms with Gasteiger partial charge in [0.15, 0.2) is 0 Å². The Labute approximate surface area is 134 Å². The van der Waals surface area contributed by atoms with E-state index < -0.39 is 6.04 Å². The number of aliphatic hydroxyl groups excluding tert-OH is 1. The molecule has 1 amide bonds. The van der Waals surface area contributed by atoms with Crippen molar-refractivity contribution >= 4 is 5.91 Å². The summed E-state index contributed by atoms with van der Waals surface area (Å²) in [6.07, 6.45) is 0.874. The van der Waals surface area contributed by atoms with E-state index in [-0.39, 0.29) is 29.8 Å². The maximum atomic E-state index is 12.2. The highest BCUT2D eigenvalue weighted by molar-refractivity contribution is 5.81. The molecule has 3 unspecified atom stereocenters. The molecule has 4 nitrogen and oxygen atoms in total. The molecular weight excluding hydrogens is 276 g/mol. The van der Waals surface area contributed by atoms with Crippen LogP contribution in [0.25, 0.3) is 0 Å². The molecule has 4 heteroatoms. The van der Waals surface area contributed by atoms with Crippen LogP contribution in [0.5, 0.6) is 0 Å². The van der Waals surface area contributed by atoms with Gasteiger partial charge in [-0.25, -0.2) is 0 Å². The second-order valence-electron chi connectivity index (χ2n) is 6.77. The SMILES string of the molecule is CCC(C)C(N)C(=O)NCC(c1ccccc1)C(C)(C)CO. The number of benzene rings is 1. The smallest absolute Gasteiger partial charge is 0.237 e. The van der Waals surface area contributed by atoms with Crippen molar-refractivity contribution in [1.82, 2.24) is 5.32 Å². The first kappa shape index (κ1) is 18.7. The van der Waals surface area contributed by atoms with E-state index in [4.69, 9.17) is 5.73 Å². The zero-order chi connectivity index (χ0) is 16.8. The Morgan fingerprint density at radius 1 is 1.32 bits per heavy atom. The summed E-state index contributed by atoms with van der Waals surface area (Å²) in [7, 11) is 0. The largest absolute Gasteiger partial charge is 0.396 e. The Kier molecular flexibility index (Phi) is 7.04. The lowest BCUT2D eigenvalue weighted by Crippen LogP contribution is -2.47. The fourth-order valence-corrected chi connectivity index (χ4v) is 2.47. The fourth-order valence-electron chi connectivity index (χ4n) is 2.47. The molecule has 0 radical (unpaired) electrons. The average Bonchev–Trinajstić information content (AvgIpc) is 2.54. The number of rotatable bonds is 8. The van der Waals surface area contributed by atoms with E-state index in [0.717, 1.165) is 12.0 Å². The summed E-state index contributed by atoms with van der Waals surface area (Å²) in [6.45, 7) is 8.55. The highest BCUT2D eigenvalue weighted by Crippen LogP contribution is 2.34. The molecule has 124 valence electrons. The monoisotopic (exact) mass is 306 g/mol. The first-order valence-corrected chi connectivity index (χ1v) is 8.02. The number of hydrogen-bond acceptors (Lipinski definition) is 3. The van der Waals surface area contributed by atoms with Gasteiger partial charge in [0.1, 0.15) is 0 Å². The van der Waals surface area contributed by atoms with Gasteiger partial charge >= 0.3 is 0 Å². The lowest BCUT2D eigenvalue weighted by atomic mass is 9.75. The van der Waals surface area contributed by atoms with Crippen molar-refractivity contribution in [3.8, 4) is 0 Å². The number of amides is 1. The fraction of sp³-hybridized carbons (Fsp3) is 0.611. The first-order chi connectivity index (χ1) is 10.3. The third-order valence-corrected chi connectivity index (χ3v) is 4.59. The molecule has 1 aromatic rings. The summed E-state index contributed by atoms with van der Waals surface area (Å²) in [5.74, 6) is 0.0665. The zero-order valence-electron chi connectivity index (χ0n) is 14.2. The Bertz CT molecular complexity index is 459. The molecule has 0 saturated heterocycles. The summed E-state index contributed by atoms with van der Waals surface area (Å²) in [4.78, 5) is 12.2. The highest BCUT2D eigenvalue weighted by atomic mass is 16.3. The standard InChI is InChI=1S/C18H30N2O2/c1-5-13(2)16(19)17(22)20-11-15(18(3,4)12-21)14-9-7-6-8-10-14/h6-10,13,15-16,21H,5,11-12,19H2,1-4H3,(H,20,22). The maximum absolute atomic E-state index is 12.2. The Hall–Kier alpha value is -1.39. The van der Waals surface area contributed by atoms with E-state index in [0.29, 0.717) is 6.54 Å². The molecule has 0 aromatic heterocycles. The predicted octanol–water partition coefficient (Wildman–Crippen LogP) is 2.28. The van der Waals surface area contributed by atoms with Crippen LogP contribution in [0.1, 0.15) is 45.6 Å². The lowest BCUT2D eigenvalue weighted by molar-refractivity contribution is -0.123. The summed E-state index contributed by atoms with van der Waals surface area (Å²) < 4.78 is 0. The van der Waals surface area contributed by atoms with Gasteiger partial charge in [-0.15, -0.1) is 0 Å². The molecule has 0 aliphatic rings. The van der Waals surface area contributed by atoms with E-state index in [1.165, 1.54) is 0 Å². The normalized spacial score (nSPS) is 15.9. The van der Waals surface area contributed by atoms with Gasteiger partial charge in [-0.3, -0.25) is 4.79 Å². The van der Waals surface area contributed by atoms with E-state index in [9.17, 15) is 9.90 Å². The van der Waals surface area contributed by atoms with Crippen molar-refractivity contribution in [3.05, 3.63) is 35.9 Å². The second kappa shape index (κ2) is 8.30. The predicted molar refractivity (Wildman–Crippen MR) is 90.5 cm³/mol. The van der Waals surface area contributed by atoms with Crippen molar-refractivity contribution < 1.29 is 9.90 Å². The van der Waals surface area contributed by atoms with Crippen molar-refractivity contribution in [2.24, 2.45) is 17.1 Å². The van der Waals surface area contributed by atoms with Gasteiger partial charge < -0.3 is 16.2 Å². The molecule has 1 rings (SSSR count). The van der Waals surface area contributed by atoms with Crippen molar-refractivity contribution in [1.29, 1.82) is 0 Å². The molecule has 0 fully saturated rings. The van der Waals surface area contributed by atoms with Crippen LogP contribution in [-0.4, -0.2) is 30.2 Å². The number of nitrogens with one attached hydrogen (secondary N) is 1. The molecule has 22 heavy (non-hydrogen) atoms. The molecule has 0 saturated carbocycles. The molecule has 4 N–H and O–H groups in total. The molecule has 1 aromatic carbocycles. The summed E-state index contributed by atoms with van der Waals surface area (Å²) in [5.41, 5.74) is 6.76. The highest BCUT2D eigenvalue weighted by Gasteiger charge is 2.31. The number of carbonyl (C=O) groups excluding carboxylic acids is 1. The van der Waals surface area contributed by atoms with Crippen molar-refractivity contribution in [2.75, 3.05) is 13.2 Å². The van der Waals surface area contributed by atoms with E-state index in [1.54, 1.807) is 0 Å². The van der Waals surface area contributed by atoms with Gasteiger partial charge in [-0.05, 0) is 16.9 Å². The molecule has 0 heterocycles. The van der Waals surface area contributed by atoms with Gasteiger partial charge in [0.05, 0.1) is 6.04 Å². The van der Waals surface area contributed by atoms with Crippen LogP contribution in [0.15, 0.2) is 30.3 Å². The zero-order valence-corrected chi connectivity index (χ0v) is 14.2. The van der Waals surface area contributed by atoms with Crippen LogP contribution in [0, 0.1) is 11.3 Å². The summed E-state index contributed by atoms with van der Waals surface area (Å²) in [5, 5.41) is 12.7. The molecule has 0 aliphatic carbocycles. The minimum Gasteiger partial charge on any atom is -0.396 e. The molecule has 0 spiro atoms. The van der Waals surface area contributed by atoms with Crippen LogP contribution < -0.4 is 11.1 Å². The molecular formula is C18H30N2O2. The van der Waals surface area contributed by atoms with Crippen molar-refractivity contribution in [2.45, 2.75) is 46.1 Å². The van der Waals surface area contributed by atoms with Gasteiger partial charge in [-0.1, -0.05) is 64.4 Å². The average molecular weight is 306 g/mol. The molecule has 0 aliphatic heterocycles. The lowest BCUT2D eigenvalue weighted by Gasteiger charge is -2.33. The summed E-state index contributed by atoms with van der Waals surface area (Å²) in [6, 6.07) is 9.49. The van der Waals surface area contributed by atoms with Crippen LogP contribution in [-0.2, 0) is 4.79 Å². The number of nitrogens with two attached hydrogens (primary N) is 1. The van der Waals surface area contributed by atoms with E-state index in [2.05, 4.69) is 5.32 Å². The van der Waals surface area contributed by atoms with Gasteiger partial charge in [0, 0.05) is 19.1 Å². The van der Waals surface area contributed by atoms with Gasteiger partial charge in [-0.2, -0.15) is 0 Å². The van der Waals surface area contributed by atoms with Crippen LogP contribution >= 0.6 is 0 Å². The molecule has 0 bridgehead atoms. The van der Waals surface area contributed by atoms with Gasteiger partial charge in [0.2, 0.25) is 5.91 Å².